The van der Waals surface area contributed by atoms with Gasteiger partial charge in [0.05, 0.1) is 30.3 Å². The molecule has 0 amide bonds. The van der Waals surface area contributed by atoms with Gasteiger partial charge < -0.3 is 9.47 Å². The second kappa shape index (κ2) is 6.27. The summed E-state index contributed by atoms with van der Waals surface area (Å²) in [6, 6.07) is 4.57. The van der Waals surface area contributed by atoms with E-state index < -0.39 is 17.7 Å². The number of rotatable bonds is 5. The Balaban J connectivity index is 2.22. The van der Waals surface area contributed by atoms with E-state index in [1.807, 2.05) is 0 Å². The molecule has 1 aromatic carbocycles. The molecule has 0 spiro atoms. The van der Waals surface area contributed by atoms with Crippen molar-refractivity contribution < 1.29 is 22.6 Å². The third kappa shape index (κ3) is 2.75. The Bertz CT molecular complexity index is 779. The van der Waals surface area contributed by atoms with Gasteiger partial charge in [0.15, 0.2) is 0 Å². The zero-order valence-corrected chi connectivity index (χ0v) is 14.7. The molecule has 2 aromatic rings. The van der Waals surface area contributed by atoms with Crippen LogP contribution in [-0.2, 0) is 5.41 Å². The van der Waals surface area contributed by atoms with Gasteiger partial charge in [0.2, 0.25) is 12.3 Å². The monoisotopic (exact) mass is 401 g/mol. The molecule has 0 unspecified atom stereocenters. The summed E-state index contributed by atoms with van der Waals surface area (Å²) >= 11 is 3.36. The Labute approximate surface area is 145 Å². The molecule has 0 radical (unpaired) electrons. The van der Waals surface area contributed by atoms with Crippen molar-refractivity contribution in [2.45, 2.75) is 24.7 Å². The summed E-state index contributed by atoms with van der Waals surface area (Å²) in [5, 5.41) is 0. The molecule has 0 atom stereocenters. The molecule has 0 saturated heterocycles. The maximum atomic E-state index is 13.6. The average molecular weight is 402 g/mol. The van der Waals surface area contributed by atoms with Crippen LogP contribution in [0.25, 0.3) is 11.1 Å². The third-order valence-electron chi connectivity index (χ3n) is 4.31. The van der Waals surface area contributed by atoms with E-state index in [9.17, 15) is 13.2 Å². The standard InChI is InChI=1S/C17H15BrF3NO2/c1-23-14-12(17(3-4-17)16(20)21)5-9(6-13(14)18)11-7-10(19)8-22-15(11)24-2/h5-8,16H,3-4H2,1-2H3. The Kier molecular flexibility index (Phi) is 4.46. The number of nitrogens with zero attached hydrogens (tertiary/aromatic N) is 1. The maximum absolute atomic E-state index is 13.6. The molecule has 128 valence electrons. The maximum Gasteiger partial charge on any atom is 0.248 e. The number of alkyl halides is 2. The topological polar surface area (TPSA) is 31.4 Å². The smallest absolute Gasteiger partial charge is 0.248 e. The number of ether oxygens (including phenoxy) is 2. The molecule has 1 aliphatic carbocycles. The van der Waals surface area contributed by atoms with Crippen molar-refractivity contribution in [3.8, 4) is 22.8 Å². The van der Waals surface area contributed by atoms with E-state index in [4.69, 9.17) is 9.47 Å². The lowest BCUT2D eigenvalue weighted by molar-refractivity contribution is 0.100. The fourth-order valence-corrected chi connectivity index (χ4v) is 3.48. The fourth-order valence-electron chi connectivity index (χ4n) is 2.86. The van der Waals surface area contributed by atoms with Crippen LogP contribution in [0.5, 0.6) is 11.6 Å². The first-order valence-electron chi connectivity index (χ1n) is 7.29. The van der Waals surface area contributed by atoms with E-state index in [-0.39, 0.29) is 5.88 Å². The van der Waals surface area contributed by atoms with E-state index in [1.165, 1.54) is 20.3 Å². The Morgan fingerprint density at radius 3 is 2.42 bits per heavy atom. The number of hydrogen-bond donors (Lipinski definition) is 0. The van der Waals surface area contributed by atoms with Gasteiger partial charge in [0, 0.05) is 11.1 Å². The number of hydrogen-bond acceptors (Lipinski definition) is 3. The number of methoxy groups -OCH3 is 2. The van der Waals surface area contributed by atoms with Gasteiger partial charge in [-0.25, -0.2) is 18.2 Å². The van der Waals surface area contributed by atoms with Crippen LogP contribution in [-0.4, -0.2) is 25.6 Å². The summed E-state index contributed by atoms with van der Waals surface area (Å²) in [4.78, 5) is 3.90. The van der Waals surface area contributed by atoms with Gasteiger partial charge in [-0.2, -0.15) is 0 Å². The number of benzene rings is 1. The molecule has 1 heterocycles. The van der Waals surface area contributed by atoms with Crippen LogP contribution in [0.2, 0.25) is 0 Å². The normalized spacial score (nSPS) is 15.5. The molecule has 24 heavy (non-hydrogen) atoms. The summed E-state index contributed by atoms with van der Waals surface area (Å²) in [6.45, 7) is 0. The SMILES string of the molecule is COc1ncc(F)cc1-c1cc(Br)c(OC)c(C2(C(F)F)CC2)c1. The van der Waals surface area contributed by atoms with Crippen molar-refractivity contribution in [2.75, 3.05) is 14.2 Å². The molecule has 0 bridgehead atoms. The van der Waals surface area contributed by atoms with Crippen molar-refractivity contribution in [3.63, 3.8) is 0 Å². The predicted octanol–water partition coefficient (Wildman–Crippen LogP) is 4.96. The van der Waals surface area contributed by atoms with E-state index in [0.29, 0.717) is 39.8 Å². The first-order chi connectivity index (χ1) is 11.4. The highest BCUT2D eigenvalue weighted by atomic mass is 79.9. The van der Waals surface area contributed by atoms with E-state index >= 15 is 0 Å². The molecular formula is C17H15BrF3NO2. The molecular weight excluding hydrogens is 387 g/mol. The molecule has 1 aliphatic rings. The highest BCUT2D eigenvalue weighted by Gasteiger charge is 2.54. The summed E-state index contributed by atoms with van der Waals surface area (Å²) in [5.41, 5.74) is 0.133. The largest absolute Gasteiger partial charge is 0.495 e. The highest BCUT2D eigenvalue weighted by Crippen LogP contribution is 2.57. The zero-order chi connectivity index (χ0) is 17.5. The quantitative estimate of drug-likeness (QED) is 0.708. The van der Waals surface area contributed by atoms with Crippen LogP contribution in [0.1, 0.15) is 18.4 Å². The van der Waals surface area contributed by atoms with Crippen LogP contribution in [0, 0.1) is 5.82 Å². The molecule has 0 aliphatic heterocycles. The minimum Gasteiger partial charge on any atom is -0.495 e. The lowest BCUT2D eigenvalue weighted by atomic mass is 9.92. The molecule has 1 saturated carbocycles. The van der Waals surface area contributed by atoms with E-state index in [1.54, 1.807) is 12.1 Å². The van der Waals surface area contributed by atoms with Crippen LogP contribution in [0.15, 0.2) is 28.9 Å². The number of aromatic nitrogens is 1. The van der Waals surface area contributed by atoms with Gasteiger partial charge in [-0.3, -0.25) is 0 Å². The van der Waals surface area contributed by atoms with Crippen LogP contribution < -0.4 is 9.47 Å². The van der Waals surface area contributed by atoms with Gasteiger partial charge >= 0.3 is 0 Å². The second-order valence-electron chi connectivity index (χ2n) is 5.71. The summed E-state index contributed by atoms with van der Waals surface area (Å²) in [7, 11) is 2.86. The minimum atomic E-state index is -2.50. The number of halogens is 4. The van der Waals surface area contributed by atoms with Crippen LogP contribution >= 0.6 is 15.9 Å². The Morgan fingerprint density at radius 2 is 1.88 bits per heavy atom. The summed E-state index contributed by atoms with van der Waals surface area (Å²) < 4.78 is 51.8. The van der Waals surface area contributed by atoms with Crippen molar-refractivity contribution in [2.24, 2.45) is 0 Å². The van der Waals surface area contributed by atoms with Crippen LogP contribution in [0.4, 0.5) is 13.2 Å². The van der Waals surface area contributed by atoms with E-state index in [0.717, 1.165) is 6.20 Å². The first-order valence-corrected chi connectivity index (χ1v) is 8.08. The van der Waals surface area contributed by atoms with Gasteiger partial charge in [-0.05, 0) is 52.5 Å². The van der Waals surface area contributed by atoms with Crippen molar-refractivity contribution >= 4 is 15.9 Å². The molecule has 1 fully saturated rings. The molecule has 1 aromatic heterocycles. The lowest BCUT2D eigenvalue weighted by Gasteiger charge is -2.21. The predicted molar refractivity (Wildman–Crippen MR) is 87.4 cm³/mol. The van der Waals surface area contributed by atoms with Crippen molar-refractivity contribution in [3.05, 3.63) is 40.2 Å². The fraction of sp³-hybridized carbons (Fsp3) is 0.353. The Morgan fingerprint density at radius 1 is 1.17 bits per heavy atom. The number of pyridine rings is 1. The third-order valence-corrected chi connectivity index (χ3v) is 4.90. The van der Waals surface area contributed by atoms with Gasteiger partial charge in [0.25, 0.3) is 0 Å². The minimum absolute atomic E-state index is 0.223. The molecule has 0 N–H and O–H groups in total. The van der Waals surface area contributed by atoms with Crippen LogP contribution in [0.3, 0.4) is 0 Å². The average Bonchev–Trinajstić information content (AvgIpc) is 3.36. The van der Waals surface area contributed by atoms with E-state index in [2.05, 4.69) is 20.9 Å². The summed E-state index contributed by atoms with van der Waals surface area (Å²) in [5.74, 6) is 0.0653. The van der Waals surface area contributed by atoms with Crippen molar-refractivity contribution in [1.82, 2.24) is 4.98 Å². The first kappa shape index (κ1) is 17.1. The lowest BCUT2D eigenvalue weighted by Crippen LogP contribution is -2.18. The highest BCUT2D eigenvalue weighted by molar-refractivity contribution is 9.10. The second-order valence-corrected chi connectivity index (χ2v) is 6.56. The van der Waals surface area contributed by atoms with Gasteiger partial charge in [0.1, 0.15) is 11.6 Å². The molecule has 3 nitrogen and oxygen atoms in total. The summed E-state index contributed by atoms with van der Waals surface area (Å²) in [6.07, 6.45) is -0.685. The van der Waals surface area contributed by atoms with Crippen molar-refractivity contribution in [1.29, 1.82) is 0 Å². The molecule has 3 rings (SSSR count). The Hall–Kier alpha value is -1.76. The van der Waals surface area contributed by atoms with Gasteiger partial charge in [-0.1, -0.05) is 0 Å². The zero-order valence-electron chi connectivity index (χ0n) is 13.1. The van der Waals surface area contributed by atoms with Gasteiger partial charge in [-0.15, -0.1) is 0 Å². The molecule has 7 heteroatoms.